The molecule has 3 aliphatic heterocycles. The van der Waals surface area contributed by atoms with Gasteiger partial charge in [0.15, 0.2) is 0 Å². The molecule has 0 radical (unpaired) electrons. The molecule has 1 aromatic carbocycles. The number of amidine groups is 1. The largest absolute Gasteiger partial charge is 0.324 e. The molecule has 6 nitrogen and oxygen atoms in total. The number of allylic oxidation sites excluding steroid dienone is 1. The van der Waals surface area contributed by atoms with Gasteiger partial charge in [-0.15, -0.1) is 0 Å². The number of nitrogens with zero attached hydrogens (tertiary/aromatic N) is 4. The van der Waals surface area contributed by atoms with Gasteiger partial charge in [0.1, 0.15) is 5.84 Å². The summed E-state index contributed by atoms with van der Waals surface area (Å²) in [6.07, 6.45) is 10.8. The first-order chi connectivity index (χ1) is 15.2. The zero-order chi connectivity index (χ0) is 21.2. The number of benzene rings is 1. The smallest absolute Gasteiger partial charge is 0.248 e. The normalized spacial score (nSPS) is 17.4. The lowest BCUT2D eigenvalue weighted by atomic mass is 10.1. The van der Waals surface area contributed by atoms with Gasteiger partial charge in [0.05, 0.1) is 5.70 Å². The second-order valence-corrected chi connectivity index (χ2v) is 8.13. The third-order valence-corrected chi connectivity index (χ3v) is 5.88. The molecule has 5 rings (SSSR count). The van der Waals surface area contributed by atoms with Crippen molar-refractivity contribution in [3.8, 4) is 0 Å². The van der Waals surface area contributed by atoms with Crippen molar-refractivity contribution in [2.24, 2.45) is 4.99 Å². The molecule has 0 bridgehead atoms. The highest BCUT2D eigenvalue weighted by atomic mass is 16.1. The topological polar surface area (TPSA) is 60.8 Å². The average molecular weight is 412 g/mol. The van der Waals surface area contributed by atoms with E-state index in [4.69, 9.17) is 4.99 Å². The summed E-state index contributed by atoms with van der Waals surface area (Å²) in [5, 5.41) is 3.00. The van der Waals surface area contributed by atoms with Crippen LogP contribution in [0.3, 0.4) is 0 Å². The molecular weight excluding hydrogens is 386 g/mol. The second kappa shape index (κ2) is 8.32. The summed E-state index contributed by atoms with van der Waals surface area (Å²) in [5.74, 6) is 0.870. The summed E-state index contributed by atoms with van der Waals surface area (Å²) in [4.78, 5) is 25.2. The molecule has 0 saturated carbocycles. The fourth-order valence-corrected chi connectivity index (χ4v) is 4.27. The number of amides is 1. The van der Waals surface area contributed by atoms with Gasteiger partial charge in [-0.25, -0.2) is 4.99 Å². The minimum absolute atomic E-state index is 0.0707. The SMILES string of the molecule is CN(CCc1ccncc1)Cc1ccc(C2=NC=C3C=CC(=O)NC4=C3N2CC4)cc1. The lowest BCUT2D eigenvalue weighted by Gasteiger charge is -2.27. The van der Waals surface area contributed by atoms with Gasteiger partial charge >= 0.3 is 0 Å². The number of carbonyl (C=O) groups excluding carboxylic acids is 1. The number of aromatic nitrogens is 1. The van der Waals surface area contributed by atoms with E-state index in [1.807, 2.05) is 24.7 Å². The summed E-state index contributed by atoms with van der Waals surface area (Å²) in [6.45, 7) is 2.72. The van der Waals surface area contributed by atoms with E-state index in [9.17, 15) is 4.79 Å². The van der Waals surface area contributed by atoms with Crippen LogP contribution in [0.2, 0.25) is 0 Å². The van der Waals surface area contributed by atoms with E-state index in [1.165, 1.54) is 11.1 Å². The van der Waals surface area contributed by atoms with E-state index >= 15 is 0 Å². The number of carbonyl (C=O) groups is 1. The van der Waals surface area contributed by atoms with Gasteiger partial charge in [-0.3, -0.25) is 9.78 Å². The van der Waals surface area contributed by atoms with Crippen molar-refractivity contribution in [1.29, 1.82) is 0 Å². The van der Waals surface area contributed by atoms with Gasteiger partial charge in [-0.2, -0.15) is 0 Å². The summed E-state index contributed by atoms with van der Waals surface area (Å²) in [6, 6.07) is 12.8. The Balaban J connectivity index is 1.27. The first-order valence-electron chi connectivity index (χ1n) is 10.6. The highest BCUT2D eigenvalue weighted by Gasteiger charge is 2.32. The van der Waals surface area contributed by atoms with E-state index in [-0.39, 0.29) is 5.91 Å². The molecule has 0 saturated heterocycles. The molecule has 156 valence electrons. The number of likely N-dealkylation sites (N-methyl/N-ethyl adjacent to an activating group) is 1. The van der Waals surface area contributed by atoms with Crippen molar-refractivity contribution >= 4 is 11.7 Å². The molecule has 6 heteroatoms. The van der Waals surface area contributed by atoms with Crippen molar-refractivity contribution in [2.45, 2.75) is 19.4 Å². The predicted octanol–water partition coefficient (Wildman–Crippen LogP) is 3.00. The van der Waals surface area contributed by atoms with E-state index in [1.54, 1.807) is 6.08 Å². The van der Waals surface area contributed by atoms with E-state index < -0.39 is 0 Å². The Bertz CT molecular complexity index is 1110. The molecule has 0 spiro atoms. The molecule has 1 N–H and O–H groups in total. The Labute approximate surface area is 182 Å². The van der Waals surface area contributed by atoms with Gasteiger partial charge < -0.3 is 15.1 Å². The zero-order valence-electron chi connectivity index (χ0n) is 17.6. The Morgan fingerprint density at radius 1 is 1.06 bits per heavy atom. The minimum atomic E-state index is -0.0707. The number of rotatable bonds is 6. The fourth-order valence-electron chi connectivity index (χ4n) is 4.27. The van der Waals surface area contributed by atoms with Crippen molar-refractivity contribution in [3.63, 3.8) is 0 Å². The maximum atomic E-state index is 11.9. The van der Waals surface area contributed by atoms with E-state index in [2.05, 4.69) is 63.5 Å². The summed E-state index contributed by atoms with van der Waals surface area (Å²) in [5.41, 5.74) is 6.73. The first kappa shape index (κ1) is 19.5. The fraction of sp³-hybridized carbons (Fsp3) is 0.240. The Hall–Kier alpha value is -3.51. The zero-order valence-corrected chi connectivity index (χ0v) is 17.6. The first-order valence-corrected chi connectivity index (χ1v) is 10.6. The molecule has 0 unspecified atom stereocenters. The van der Waals surface area contributed by atoms with Gasteiger partial charge in [-0.05, 0) is 42.8 Å². The van der Waals surface area contributed by atoms with Crippen molar-refractivity contribution in [1.82, 2.24) is 20.1 Å². The highest BCUT2D eigenvalue weighted by molar-refractivity contribution is 6.02. The lowest BCUT2D eigenvalue weighted by molar-refractivity contribution is -0.115. The van der Waals surface area contributed by atoms with Crippen LogP contribution >= 0.6 is 0 Å². The van der Waals surface area contributed by atoms with Crippen LogP contribution < -0.4 is 5.32 Å². The number of pyridine rings is 1. The molecule has 4 heterocycles. The van der Waals surface area contributed by atoms with Crippen molar-refractivity contribution in [3.05, 3.63) is 101 Å². The van der Waals surface area contributed by atoms with Crippen molar-refractivity contribution in [2.75, 3.05) is 20.1 Å². The van der Waals surface area contributed by atoms with Crippen LogP contribution in [0.25, 0.3) is 0 Å². The standard InChI is InChI=1S/C25H25N5O/c1-29(14-10-18-8-12-26-13-9-18)17-19-2-4-20(5-3-19)25-27-16-21-6-7-23(31)28-22-11-15-30(25)24(21)22/h2-9,12-13,16H,10-11,14-15,17H2,1H3,(H,28,31). The lowest BCUT2D eigenvalue weighted by Crippen LogP contribution is -2.31. The average Bonchev–Trinajstić information content (AvgIpc) is 3.13. The molecule has 0 atom stereocenters. The molecule has 3 aliphatic rings. The van der Waals surface area contributed by atoms with Crippen LogP contribution in [-0.4, -0.2) is 46.7 Å². The van der Waals surface area contributed by atoms with Crippen LogP contribution in [0.5, 0.6) is 0 Å². The van der Waals surface area contributed by atoms with Crippen LogP contribution in [0, 0.1) is 0 Å². The van der Waals surface area contributed by atoms with Gasteiger partial charge in [0.25, 0.3) is 0 Å². The molecule has 0 fully saturated rings. The van der Waals surface area contributed by atoms with Gasteiger partial charge in [-0.1, -0.05) is 24.3 Å². The van der Waals surface area contributed by atoms with E-state index in [0.29, 0.717) is 0 Å². The molecule has 0 aliphatic carbocycles. The minimum Gasteiger partial charge on any atom is -0.324 e. The third kappa shape index (κ3) is 4.07. The van der Waals surface area contributed by atoms with Crippen LogP contribution in [0.4, 0.5) is 0 Å². The number of hydrogen-bond acceptors (Lipinski definition) is 5. The van der Waals surface area contributed by atoms with Crippen molar-refractivity contribution < 1.29 is 4.79 Å². The summed E-state index contributed by atoms with van der Waals surface area (Å²) < 4.78 is 0. The Morgan fingerprint density at radius 3 is 2.68 bits per heavy atom. The number of nitrogens with one attached hydrogen (secondary N) is 1. The molecule has 31 heavy (non-hydrogen) atoms. The highest BCUT2D eigenvalue weighted by Crippen LogP contribution is 2.34. The maximum Gasteiger partial charge on any atom is 0.248 e. The number of hydrogen-bond donors (Lipinski definition) is 1. The maximum absolute atomic E-state index is 11.9. The molecular formula is C25H25N5O. The quantitative estimate of drug-likeness (QED) is 0.794. The monoisotopic (exact) mass is 411 g/mol. The summed E-state index contributed by atoms with van der Waals surface area (Å²) in [7, 11) is 2.15. The predicted molar refractivity (Wildman–Crippen MR) is 121 cm³/mol. The summed E-state index contributed by atoms with van der Waals surface area (Å²) >= 11 is 0. The second-order valence-electron chi connectivity index (χ2n) is 8.13. The van der Waals surface area contributed by atoms with Crippen LogP contribution in [0.1, 0.15) is 23.1 Å². The third-order valence-electron chi connectivity index (χ3n) is 5.88. The molecule has 1 amide bonds. The van der Waals surface area contributed by atoms with Gasteiger partial charge in [0.2, 0.25) is 5.91 Å². The molecule has 2 aromatic rings. The Morgan fingerprint density at radius 2 is 1.87 bits per heavy atom. The van der Waals surface area contributed by atoms with Gasteiger partial charge in [0, 0.05) is 67.6 Å². The van der Waals surface area contributed by atoms with Crippen LogP contribution in [-0.2, 0) is 17.8 Å². The Kier molecular flexibility index (Phi) is 5.22. The van der Waals surface area contributed by atoms with Crippen LogP contribution in [0.15, 0.2) is 89.1 Å². The van der Waals surface area contributed by atoms with E-state index in [0.717, 1.165) is 60.8 Å². The number of aliphatic imine (C=N–C) groups is 1. The molecule has 1 aromatic heterocycles.